The molecule has 0 atom stereocenters. The van der Waals surface area contributed by atoms with Gasteiger partial charge in [-0.25, -0.2) is 9.48 Å². The number of carbonyl (C=O) groups is 2. The van der Waals surface area contributed by atoms with Gasteiger partial charge in [-0.05, 0) is 37.3 Å². The molecule has 0 aliphatic carbocycles. The lowest BCUT2D eigenvalue weighted by molar-refractivity contribution is -0.119. The predicted molar refractivity (Wildman–Crippen MR) is 105 cm³/mol. The number of para-hydroxylation sites is 1. The molecule has 1 N–H and O–H groups in total. The van der Waals surface area contributed by atoms with Crippen molar-refractivity contribution < 1.29 is 14.3 Å². The molecule has 0 fully saturated rings. The van der Waals surface area contributed by atoms with E-state index in [1.807, 2.05) is 25.1 Å². The van der Waals surface area contributed by atoms with Gasteiger partial charge in [0.25, 0.3) is 5.91 Å². The molecule has 8 nitrogen and oxygen atoms in total. The Bertz CT molecular complexity index is 1060. The molecule has 0 bridgehead atoms. The first-order chi connectivity index (χ1) is 13.6. The number of aryl methyl sites for hydroxylation is 1. The van der Waals surface area contributed by atoms with Crippen LogP contribution in [0.2, 0.25) is 0 Å². The molecule has 28 heavy (non-hydrogen) atoms. The maximum atomic E-state index is 12.2. The summed E-state index contributed by atoms with van der Waals surface area (Å²) in [6, 6.07) is 14.1. The number of nitrogens with one attached hydrogen (secondary N) is 1. The van der Waals surface area contributed by atoms with Crippen molar-refractivity contribution in [3.05, 3.63) is 48.0 Å². The minimum absolute atomic E-state index is 0.271. The zero-order valence-corrected chi connectivity index (χ0v) is 15.9. The van der Waals surface area contributed by atoms with Gasteiger partial charge >= 0.3 is 5.97 Å². The highest BCUT2D eigenvalue weighted by atomic mass is 32.2. The Hall–Kier alpha value is -3.38. The first-order valence-corrected chi connectivity index (χ1v) is 9.50. The zero-order valence-electron chi connectivity index (χ0n) is 15.1. The van der Waals surface area contributed by atoms with Gasteiger partial charge in [-0.3, -0.25) is 4.79 Å². The summed E-state index contributed by atoms with van der Waals surface area (Å²) in [6.45, 7) is 2.20. The fraction of sp³-hybridized carbons (Fsp3) is 0.211. The SMILES string of the molecule is CCn1nnc2cc(C(=O)OCC(=O)Nc3ccccc3SCC#N)ccc21. The molecule has 1 heterocycles. The van der Waals surface area contributed by atoms with Crippen LogP contribution in [0.1, 0.15) is 17.3 Å². The van der Waals surface area contributed by atoms with Gasteiger partial charge in [0.2, 0.25) is 0 Å². The minimum atomic E-state index is -0.616. The number of rotatable bonds is 7. The van der Waals surface area contributed by atoms with Crippen LogP contribution in [0.4, 0.5) is 5.69 Å². The third kappa shape index (κ3) is 4.47. The second kappa shape index (κ2) is 9.01. The average molecular weight is 395 g/mol. The minimum Gasteiger partial charge on any atom is -0.452 e. The highest BCUT2D eigenvalue weighted by Crippen LogP contribution is 2.26. The van der Waals surface area contributed by atoms with E-state index in [2.05, 4.69) is 15.6 Å². The fourth-order valence-corrected chi connectivity index (χ4v) is 3.21. The van der Waals surface area contributed by atoms with Gasteiger partial charge in [-0.2, -0.15) is 5.26 Å². The third-order valence-corrected chi connectivity index (χ3v) is 4.78. The number of aromatic nitrogens is 3. The number of anilines is 1. The van der Waals surface area contributed by atoms with Gasteiger partial charge in [-0.15, -0.1) is 16.9 Å². The maximum absolute atomic E-state index is 12.2. The van der Waals surface area contributed by atoms with E-state index in [9.17, 15) is 9.59 Å². The van der Waals surface area contributed by atoms with Crippen molar-refractivity contribution in [2.75, 3.05) is 17.7 Å². The first kappa shape index (κ1) is 19.4. The molecular weight excluding hydrogens is 378 g/mol. The number of nitriles is 1. The molecule has 0 aliphatic heterocycles. The molecule has 0 radical (unpaired) electrons. The summed E-state index contributed by atoms with van der Waals surface area (Å²) in [5, 5.41) is 19.4. The van der Waals surface area contributed by atoms with E-state index < -0.39 is 18.5 Å². The molecule has 3 aromatic rings. The van der Waals surface area contributed by atoms with Crippen molar-refractivity contribution in [1.29, 1.82) is 5.26 Å². The number of amides is 1. The Labute approximate surface area is 165 Å². The van der Waals surface area contributed by atoms with Crippen LogP contribution < -0.4 is 5.32 Å². The molecule has 0 saturated heterocycles. The van der Waals surface area contributed by atoms with Crippen LogP contribution in [0.25, 0.3) is 11.0 Å². The van der Waals surface area contributed by atoms with Crippen molar-refractivity contribution in [3.63, 3.8) is 0 Å². The standard InChI is InChI=1S/C19H17N5O3S/c1-2-24-16-8-7-13(11-15(16)22-23-24)19(26)27-12-18(25)21-14-5-3-4-6-17(14)28-10-9-20/h3-8,11H,2,10,12H2,1H3,(H,21,25). The highest BCUT2D eigenvalue weighted by molar-refractivity contribution is 7.99. The third-order valence-electron chi connectivity index (χ3n) is 3.84. The average Bonchev–Trinajstić information content (AvgIpc) is 3.13. The molecular formula is C19H17N5O3S. The van der Waals surface area contributed by atoms with Crippen LogP contribution in [0.15, 0.2) is 47.4 Å². The van der Waals surface area contributed by atoms with Crippen LogP contribution in [0.3, 0.4) is 0 Å². The molecule has 0 aliphatic rings. The number of carbonyl (C=O) groups excluding carboxylic acids is 2. The van der Waals surface area contributed by atoms with Crippen LogP contribution in [-0.2, 0) is 16.1 Å². The normalized spacial score (nSPS) is 10.4. The van der Waals surface area contributed by atoms with Gasteiger partial charge in [-0.1, -0.05) is 17.3 Å². The molecule has 0 spiro atoms. The first-order valence-electron chi connectivity index (χ1n) is 8.51. The fourth-order valence-electron chi connectivity index (χ4n) is 2.54. The van der Waals surface area contributed by atoms with E-state index in [0.717, 1.165) is 10.4 Å². The molecule has 0 unspecified atom stereocenters. The largest absolute Gasteiger partial charge is 0.452 e. The summed E-state index contributed by atoms with van der Waals surface area (Å²) in [5.41, 5.74) is 2.28. The number of esters is 1. The van der Waals surface area contributed by atoms with Gasteiger partial charge in [0.1, 0.15) is 5.52 Å². The second-order valence-corrected chi connectivity index (χ2v) is 6.69. The summed E-state index contributed by atoms with van der Waals surface area (Å²) in [7, 11) is 0. The van der Waals surface area contributed by atoms with E-state index in [0.29, 0.717) is 23.3 Å². The van der Waals surface area contributed by atoms with Crippen LogP contribution in [0, 0.1) is 11.3 Å². The van der Waals surface area contributed by atoms with Crippen molar-refractivity contribution in [1.82, 2.24) is 15.0 Å². The summed E-state index contributed by atoms with van der Waals surface area (Å²) in [6.07, 6.45) is 0. The van der Waals surface area contributed by atoms with E-state index in [1.54, 1.807) is 35.0 Å². The van der Waals surface area contributed by atoms with Gasteiger partial charge < -0.3 is 10.1 Å². The molecule has 1 amide bonds. The van der Waals surface area contributed by atoms with Gasteiger partial charge in [0.15, 0.2) is 6.61 Å². The molecule has 2 aromatic carbocycles. The quantitative estimate of drug-likeness (QED) is 0.484. The summed E-state index contributed by atoms with van der Waals surface area (Å²) in [5.74, 6) is -0.806. The lowest BCUT2D eigenvalue weighted by atomic mass is 10.2. The van der Waals surface area contributed by atoms with Crippen LogP contribution in [-0.4, -0.2) is 39.2 Å². The zero-order chi connectivity index (χ0) is 19.9. The van der Waals surface area contributed by atoms with E-state index in [-0.39, 0.29) is 5.75 Å². The number of nitrogens with zero attached hydrogens (tertiary/aromatic N) is 4. The van der Waals surface area contributed by atoms with E-state index in [1.165, 1.54) is 11.8 Å². The van der Waals surface area contributed by atoms with E-state index >= 15 is 0 Å². The maximum Gasteiger partial charge on any atom is 0.338 e. The lowest BCUT2D eigenvalue weighted by Crippen LogP contribution is -2.21. The number of hydrogen-bond donors (Lipinski definition) is 1. The number of hydrogen-bond acceptors (Lipinski definition) is 7. The number of thioether (sulfide) groups is 1. The molecule has 1 aromatic heterocycles. The lowest BCUT2D eigenvalue weighted by Gasteiger charge is -2.10. The molecule has 3 rings (SSSR count). The Morgan fingerprint density at radius 2 is 2.11 bits per heavy atom. The van der Waals surface area contributed by atoms with Crippen molar-refractivity contribution in [2.24, 2.45) is 0 Å². The molecule has 142 valence electrons. The van der Waals surface area contributed by atoms with Crippen LogP contribution in [0.5, 0.6) is 0 Å². The highest BCUT2D eigenvalue weighted by Gasteiger charge is 2.14. The monoisotopic (exact) mass is 395 g/mol. The van der Waals surface area contributed by atoms with Crippen molar-refractivity contribution in [3.8, 4) is 6.07 Å². The van der Waals surface area contributed by atoms with Crippen LogP contribution >= 0.6 is 11.8 Å². The number of benzene rings is 2. The second-order valence-electron chi connectivity index (χ2n) is 5.68. The van der Waals surface area contributed by atoms with E-state index in [4.69, 9.17) is 10.00 Å². The van der Waals surface area contributed by atoms with Gasteiger partial charge in [0.05, 0.1) is 28.6 Å². The summed E-state index contributed by atoms with van der Waals surface area (Å²) < 4.78 is 6.82. The Kier molecular flexibility index (Phi) is 6.24. The molecule has 9 heteroatoms. The topological polar surface area (TPSA) is 110 Å². The Balaban J connectivity index is 1.60. The Morgan fingerprint density at radius 3 is 2.89 bits per heavy atom. The summed E-state index contributed by atoms with van der Waals surface area (Å²) in [4.78, 5) is 25.1. The van der Waals surface area contributed by atoms with Crippen molar-refractivity contribution >= 4 is 40.4 Å². The van der Waals surface area contributed by atoms with Gasteiger partial charge in [0, 0.05) is 11.4 Å². The van der Waals surface area contributed by atoms with Crippen molar-refractivity contribution in [2.45, 2.75) is 18.4 Å². The smallest absolute Gasteiger partial charge is 0.338 e. The Morgan fingerprint density at radius 1 is 1.29 bits per heavy atom. The number of ether oxygens (including phenoxy) is 1. The predicted octanol–water partition coefficient (Wildman–Crippen LogP) is 2.86. The molecule has 0 saturated carbocycles. The number of fused-ring (bicyclic) bond motifs is 1. The summed E-state index contributed by atoms with van der Waals surface area (Å²) >= 11 is 1.32.